The minimum Gasteiger partial charge on any atom is -0.435 e. The summed E-state index contributed by atoms with van der Waals surface area (Å²) in [6, 6.07) is 15.0. The van der Waals surface area contributed by atoms with Crippen molar-refractivity contribution in [3.63, 3.8) is 0 Å². The summed E-state index contributed by atoms with van der Waals surface area (Å²) in [5.74, 6) is 0.0886. The lowest BCUT2D eigenvalue weighted by Gasteiger charge is -2.03. The third-order valence-corrected chi connectivity index (χ3v) is 2.70. The van der Waals surface area contributed by atoms with Crippen LogP contribution in [0.4, 0.5) is 8.78 Å². The molecule has 0 amide bonds. The Labute approximate surface area is 126 Å². The van der Waals surface area contributed by atoms with Gasteiger partial charge < -0.3 is 9.57 Å². The van der Waals surface area contributed by atoms with Gasteiger partial charge in [-0.15, -0.1) is 0 Å². The van der Waals surface area contributed by atoms with Crippen molar-refractivity contribution in [2.24, 2.45) is 5.16 Å². The van der Waals surface area contributed by atoms with E-state index >= 15 is 0 Å². The first-order chi connectivity index (χ1) is 10.7. The Morgan fingerprint density at radius 1 is 1.09 bits per heavy atom. The summed E-state index contributed by atoms with van der Waals surface area (Å²) >= 11 is 0. The number of halogens is 2. The Bertz CT molecular complexity index is 662. The van der Waals surface area contributed by atoms with Gasteiger partial charge in [0.05, 0.1) is 17.8 Å². The Morgan fingerprint density at radius 3 is 2.36 bits per heavy atom. The van der Waals surface area contributed by atoms with E-state index < -0.39 is 6.61 Å². The van der Waals surface area contributed by atoms with Gasteiger partial charge in [0.1, 0.15) is 12.4 Å². The summed E-state index contributed by atoms with van der Waals surface area (Å²) in [6.07, 6.45) is 1.47. The molecule has 0 aliphatic rings. The fourth-order valence-corrected chi connectivity index (χ4v) is 1.62. The second-order valence-electron chi connectivity index (χ2n) is 4.26. The first kappa shape index (κ1) is 15.4. The molecular weight excluding hydrogens is 290 g/mol. The molecule has 0 radical (unpaired) electrons. The predicted molar refractivity (Wildman–Crippen MR) is 76.6 cm³/mol. The van der Waals surface area contributed by atoms with Gasteiger partial charge in [-0.25, -0.2) is 0 Å². The van der Waals surface area contributed by atoms with Crippen LogP contribution in [0.2, 0.25) is 0 Å². The molecule has 0 unspecified atom stereocenters. The second kappa shape index (κ2) is 7.74. The largest absolute Gasteiger partial charge is 0.435 e. The summed E-state index contributed by atoms with van der Waals surface area (Å²) in [5, 5.41) is 12.5. The Morgan fingerprint density at radius 2 is 1.77 bits per heavy atom. The van der Waals surface area contributed by atoms with Crippen molar-refractivity contribution in [2.45, 2.75) is 13.2 Å². The molecule has 6 heteroatoms. The fraction of sp³-hybridized carbons (Fsp3) is 0.125. The van der Waals surface area contributed by atoms with Crippen LogP contribution in [-0.2, 0) is 11.4 Å². The van der Waals surface area contributed by atoms with Gasteiger partial charge >= 0.3 is 6.61 Å². The van der Waals surface area contributed by atoms with Crippen molar-refractivity contribution in [3.05, 3.63) is 65.2 Å². The average Bonchev–Trinajstić information content (AvgIpc) is 2.53. The molecule has 2 rings (SSSR count). The highest BCUT2D eigenvalue weighted by Crippen LogP contribution is 2.14. The number of rotatable bonds is 6. The van der Waals surface area contributed by atoms with E-state index in [0.717, 1.165) is 5.56 Å². The summed E-state index contributed by atoms with van der Waals surface area (Å²) < 4.78 is 28.2. The van der Waals surface area contributed by atoms with Gasteiger partial charge in [-0.2, -0.15) is 14.0 Å². The number of nitriles is 1. The lowest BCUT2D eigenvalue weighted by Crippen LogP contribution is -2.01. The topological polar surface area (TPSA) is 54.6 Å². The highest BCUT2D eigenvalue weighted by atomic mass is 19.3. The monoisotopic (exact) mass is 302 g/mol. The van der Waals surface area contributed by atoms with Gasteiger partial charge in [-0.05, 0) is 47.5 Å². The van der Waals surface area contributed by atoms with Crippen molar-refractivity contribution >= 4 is 6.21 Å². The predicted octanol–water partition coefficient (Wildman–Crippen LogP) is 3.71. The molecule has 0 heterocycles. The van der Waals surface area contributed by atoms with Gasteiger partial charge in [0.25, 0.3) is 0 Å². The van der Waals surface area contributed by atoms with E-state index in [-0.39, 0.29) is 12.4 Å². The quantitative estimate of drug-likeness (QED) is 0.604. The van der Waals surface area contributed by atoms with Crippen LogP contribution in [0.3, 0.4) is 0 Å². The molecule has 0 fully saturated rings. The van der Waals surface area contributed by atoms with E-state index in [0.29, 0.717) is 11.1 Å². The molecule has 22 heavy (non-hydrogen) atoms. The fourth-order valence-electron chi connectivity index (χ4n) is 1.62. The molecule has 0 saturated carbocycles. The van der Waals surface area contributed by atoms with Crippen molar-refractivity contribution in [1.29, 1.82) is 5.26 Å². The highest BCUT2D eigenvalue weighted by molar-refractivity contribution is 5.79. The number of nitrogens with zero attached hydrogens (tertiary/aromatic N) is 2. The molecule has 2 aromatic carbocycles. The third-order valence-electron chi connectivity index (χ3n) is 2.70. The first-order valence-electron chi connectivity index (χ1n) is 6.36. The number of oxime groups is 1. The molecule has 0 atom stereocenters. The van der Waals surface area contributed by atoms with E-state index in [1.54, 1.807) is 36.4 Å². The van der Waals surface area contributed by atoms with Crippen molar-refractivity contribution in [3.8, 4) is 11.8 Å². The summed E-state index contributed by atoms with van der Waals surface area (Å²) in [5.41, 5.74) is 2.16. The molecule has 0 N–H and O–H groups in total. The summed E-state index contributed by atoms with van der Waals surface area (Å²) in [4.78, 5) is 5.13. The van der Waals surface area contributed by atoms with Crippen LogP contribution in [-0.4, -0.2) is 12.8 Å². The number of hydrogen-bond donors (Lipinski definition) is 0. The van der Waals surface area contributed by atoms with Crippen molar-refractivity contribution in [2.75, 3.05) is 0 Å². The molecule has 0 aromatic heterocycles. The van der Waals surface area contributed by atoms with Gasteiger partial charge in [0.15, 0.2) is 0 Å². The van der Waals surface area contributed by atoms with Crippen LogP contribution in [0, 0.1) is 11.3 Å². The van der Waals surface area contributed by atoms with Gasteiger partial charge in [0, 0.05) is 0 Å². The van der Waals surface area contributed by atoms with Crippen LogP contribution >= 0.6 is 0 Å². The summed E-state index contributed by atoms with van der Waals surface area (Å²) in [6.45, 7) is -2.57. The first-order valence-corrected chi connectivity index (χ1v) is 6.36. The van der Waals surface area contributed by atoms with Crippen LogP contribution in [0.5, 0.6) is 5.75 Å². The number of ether oxygens (including phenoxy) is 1. The Kier molecular flexibility index (Phi) is 5.44. The molecule has 0 saturated heterocycles. The molecule has 0 aliphatic carbocycles. The molecule has 0 bridgehead atoms. The van der Waals surface area contributed by atoms with Crippen LogP contribution < -0.4 is 4.74 Å². The van der Waals surface area contributed by atoms with Crippen molar-refractivity contribution in [1.82, 2.24) is 0 Å². The van der Waals surface area contributed by atoms with Crippen molar-refractivity contribution < 1.29 is 18.4 Å². The number of benzene rings is 2. The van der Waals surface area contributed by atoms with Gasteiger partial charge in [-0.1, -0.05) is 17.3 Å². The Hall–Kier alpha value is -2.94. The van der Waals surface area contributed by atoms with Crippen LogP contribution in [0.15, 0.2) is 53.7 Å². The minimum absolute atomic E-state index is 0.0886. The van der Waals surface area contributed by atoms with Crippen LogP contribution in [0.25, 0.3) is 0 Å². The normalized spacial score (nSPS) is 10.6. The zero-order valence-electron chi connectivity index (χ0n) is 11.4. The number of hydrogen-bond acceptors (Lipinski definition) is 4. The van der Waals surface area contributed by atoms with Gasteiger partial charge in [0.2, 0.25) is 0 Å². The number of alkyl halides is 2. The molecule has 4 nitrogen and oxygen atoms in total. The molecule has 112 valence electrons. The van der Waals surface area contributed by atoms with Crippen LogP contribution in [0.1, 0.15) is 16.7 Å². The maximum atomic E-state index is 12.0. The molecule has 0 spiro atoms. The highest BCUT2D eigenvalue weighted by Gasteiger charge is 2.02. The van der Waals surface area contributed by atoms with Gasteiger partial charge in [-0.3, -0.25) is 0 Å². The van der Waals surface area contributed by atoms with E-state index in [4.69, 9.17) is 10.1 Å². The minimum atomic E-state index is -2.84. The van der Waals surface area contributed by atoms with E-state index in [9.17, 15) is 8.78 Å². The Balaban J connectivity index is 1.83. The zero-order chi connectivity index (χ0) is 15.8. The third kappa shape index (κ3) is 4.87. The average molecular weight is 302 g/mol. The SMILES string of the molecule is N#Cc1ccc(CON=Cc2ccc(OC(F)F)cc2)cc1. The van der Waals surface area contributed by atoms with E-state index in [2.05, 4.69) is 9.89 Å². The molecule has 2 aromatic rings. The van der Waals surface area contributed by atoms with E-state index in [1.165, 1.54) is 18.3 Å². The maximum Gasteiger partial charge on any atom is 0.387 e. The smallest absolute Gasteiger partial charge is 0.387 e. The molecular formula is C16H12F2N2O2. The summed E-state index contributed by atoms with van der Waals surface area (Å²) in [7, 11) is 0. The second-order valence-corrected chi connectivity index (χ2v) is 4.26. The standard InChI is InChI=1S/C16H12F2N2O2/c17-16(18)22-15-7-5-13(6-8-15)10-20-21-11-14-3-1-12(9-19)2-4-14/h1-8,10,16H,11H2. The zero-order valence-corrected chi connectivity index (χ0v) is 11.4. The van der Waals surface area contributed by atoms with E-state index in [1.807, 2.05) is 6.07 Å². The lowest BCUT2D eigenvalue weighted by atomic mass is 10.2. The maximum absolute atomic E-state index is 12.0. The lowest BCUT2D eigenvalue weighted by molar-refractivity contribution is -0.0498. The molecule has 0 aliphatic heterocycles.